The van der Waals surface area contributed by atoms with Gasteiger partial charge in [0.1, 0.15) is 11.7 Å². The van der Waals surface area contributed by atoms with Gasteiger partial charge in [-0.1, -0.05) is 11.6 Å². The van der Waals surface area contributed by atoms with Crippen LogP contribution >= 0.6 is 11.6 Å². The molecule has 1 rings (SSSR count). The highest BCUT2D eigenvalue weighted by atomic mass is 35.5. The van der Waals surface area contributed by atoms with Crippen molar-refractivity contribution in [1.82, 2.24) is 0 Å². The molecule has 0 bridgehead atoms. The van der Waals surface area contributed by atoms with Crippen LogP contribution in [0.1, 0.15) is 11.5 Å². The molecule has 1 aromatic rings. The molecule has 0 heterocycles. The van der Waals surface area contributed by atoms with E-state index in [-0.39, 0.29) is 0 Å². The second-order valence-corrected chi connectivity index (χ2v) is 3.63. The van der Waals surface area contributed by atoms with Gasteiger partial charge in [0, 0.05) is 12.1 Å². The molecule has 1 aromatic carbocycles. The normalized spacial score (nSPS) is 12.3. The topological polar surface area (TPSA) is 72.5 Å². The summed E-state index contributed by atoms with van der Waals surface area (Å²) in [5, 5.41) is 8.37. The summed E-state index contributed by atoms with van der Waals surface area (Å²) in [6.45, 7) is -0.400. The minimum Gasteiger partial charge on any atom is -0.493 e. The Morgan fingerprint density at radius 3 is 2.65 bits per heavy atom. The fourth-order valence-corrected chi connectivity index (χ4v) is 1.66. The highest BCUT2D eigenvalue weighted by Crippen LogP contribution is 2.35. The standard InChI is InChI=1S/C10H10ClF2NO3/c1-17-9-6(12)2-5(11)8(13)7(9)4(3-14)10(15)16/h2,4H,3,14H2,1H3,(H,15,16). The van der Waals surface area contributed by atoms with Crippen molar-refractivity contribution in [3.05, 3.63) is 28.3 Å². The van der Waals surface area contributed by atoms with Crippen molar-refractivity contribution in [2.24, 2.45) is 5.73 Å². The van der Waals surface area contributed by atoms with Gasteiger partial charge >= 0.3 is 5.97 Å². The van der Waals surface area contributed by atoms with E-state index in [0.717, 1.165) is 7.11 Å². The summed E-state index contributed by atoms with van der Waals surface area (Å²) in [7, 11) is 1.10. The predicted molar refractivity (Wildman–Crippen MR) is 57.4 cm³/mol. The number of nitrogens with two attached hydrogens (primary N) is 1. The molecule has 1 atom stereocenters. The molecule has 0 radical (unpaired) electrons. The highest BCUT2D eigenvalue weighted by Gasteiger charge is 2.29. The molecule has 3 N–H and O–H groups in total. The van der Waals surface area contributed by atoms with E-state index >= 15 is 0 Å². The molecule has 0 saturated heterocycles. The molecule has 17 heavy (non-hydrogen) atoms. The average molecular weight is 266 g/mol. The lowest BCUT2D eigenvalue weighted by Crippen LogP contribution is -2.23. The molecule has 0 aliphatic heterocycles. The van der Waals surface area contributed by atoms with Gasteiger partial charge in [-0.3, -0.25) is 4.79 Å². The van der Waals surface area contributed by atoms with Crippen molar-refractivity contribution in [3.63, 3.8) is 0 Å². The summed E-state index contributed by atoms with van der Waals surface area (Å²) in [6.07, 6.45) is 0. The molecule has 0 aliphatic carbocycles. The van der Waals surface area contributed by atoms with Gasteiger partial charge in [-0.2, -0.15) is 0 Å². The molecule has 1 unspecified atom stereocenters. The third kappa shape index (κ3) is 2.48. The van der Waals surface area contributed by atoms with Gasteiger partial charge in [0.05, 0.1) is 12.1 Å². The van der Waals surface area contributed by atoms with Gasteiger partial charge in [0.2, 0.25) is 0 Å². The van der Waals surface area contributed by atoms with E-state index in [0.29, 0.717) is 6.07 Å². The number of ether oxygens (including phenoxy) is 1. The molecule has 0 fully saturated rings. The summed E-state index contributed by atoms with van der Waals surface area (Å²) in [5.74, 6) is -5.27. The van der Waals surface area contributed by atoms with Gasteiger partial charge in [-0.05, 0) is 6.07 Å². The Bertz CT molecular complexity index is 454. The van der Waals surface area contributed by atoms with Crippen molar-refractivity contribution in [2.75, 3.05) is 13.7 Å². The summed E-state index contributed by atoms with van der Waals surface area (Å²) in [5.41, 5.74) is 4.75. The Morgan fingerprint density at radius 2 is 2.24 bits per heavy atom. The maximum atomic E-state index is 13.7. The molecule has 0 aliphatic rings. The maximum Gasteiger partial charge on any atom is 0.312 e. The van der Waals surface area contributed by atoms with Crippen LogP contribution in [0.25, 0.3) is 0 Å². The molecular weight excluding hydrogens is 256 g/mol. The smallest absolute Gasteiger partial charge is 0.312 e. The zero-order valence-corrected chi connectivity index (χ0v) is 9.59. The largest absolute Gasteiger partial charge is 0.493 e. The summed E-state index contributed by atoms with van der Waals surface area (Å²) < 4.78 is 31.8. The van der Waals surface area contributed by atoms with E-state index in [1.54, 1.807) is 0 Å². The number of rotatable bonds is 4. The van der Waals surface area contributed by atoms with Crippen LogP contribution in [0.5, 0.6) is 5.75 Å². The number of hydrogen-bond donors (Lipinski definition) is 2. The van der Waals surface area contributed by atoms with Gasteiger partial charge in [-0.25, -0.2) is 8.78 Å². The van der Waals surface area contributed by atoms with E-state index in [9.17, 15) is 13.6 Å². The van der Waals surface area contributed by atoms with Gasteiger partial charge in [0.25, 0.3) is 0 Å². The number of halogens is 3. The lowest BCUT2D eigenvalue weighted by atomic mass is 9.97. The van der Waals surface area contributed by atoms with Crippen LogP contribution in [-0.4, -0.2) is 24.7 Å². The zero-order chi connectivity index (χ0) is 13.2. The third-order valence-corrected chi connectivity index (χ3v) is 2.52. The molecule has 4 nitrogen and oxygen atoms in total. The first-order valence-corrected chi connectivity index (χ1v) is 4.96. The number of hydrogen-bond acceptors (Lipinski definition) is 3. The quantitative estimate of drug-likeness (QED) is 0.814. The van der Waals surface area contributed by atoms with Crippen LogP contribution in [-0.2, 0) is 4.79 Å². The fourth-order valence-electron chi connectivity index (χ4n) is 1.46. The van der Waals surface area contributed by atoms with E-state index in [4.69, 9.17) is 22.4 Å². The number of methoxy groups -OCH3 is 1. The monoisotopic (exact) mass is 265 g/mol. The molecular formula is C10H10ClF2NO3. The SMILES string of the molecule is COc1c(F)cc(Cl)c(F)c1C(CN)C(=O)O. The van der Waals surface area contributed by atoms with Crippen molar-refractivity contribution in [3.8, 4) is 5.75 Å². The third-order valence-electron chi connectivity index (χ3n) is 2.25. The second kappa shape index (κ2) is 5.29. The van der Waals surface area contributed by atoms with Crippen molar-refractivity contribution in [2.45, 2.75) is 5.92 Å². The molecule has 0 amide bonds. The number of carbonyl (C=O) groups is 1. The Labute approximate surface area is 101 Å². The Hall–Kier alpha value is -1.40. The Balaban J connectivity index is 3.53. The van der Waals surface area contributed by atoms with Gasteiger partial charge in [0.15, 0.2) is 11.6 Å². The Morgan fingerprint density at radius 1 is 1.65 bits per heavy atom. The maximum absolute atomic E-state index is 13.7. The number of carboxylic acids is 1. The molecule has 7 heteroatoms. The van der Waals surface area contributed by atoms with E-state index in [1.165, 1.54) is 0 Å². The van der Waals surface area contributed by atoms with E-state index in [1.807, 2.05) is 0 Å². The first-order valence-electron chi connectivity index (χ1n) is 4.58. The summed E-state index contributed by atoms with van der Waals surface area (Å²) in [4.78, 5) is 10.9. The molecule has 0 aromatic heterocycles. The Kier molecular flexibility index (Phi) is 4.25. The zero-order valence-electron chi connectivity index (χ0n) is 8.84. The van der Waals surface area contributed by atoms with E-state index in [2.05, 4.69) is 4.74 Å². The van der Waals surface area contributed by atoms with Crippen LogP contribution < -0.4 is 10.5 Å². The summed E-state index contributed by atoms with van der Waals surface area (Å²) in [6, 6.07) is 0.717. The number of carboxylic acid groups (broad SMARTS) is 1. The van der Waals surface area contributed by atoms with Crippen LogP contribution in [0.4, 0.5) is 8.78 Å². The predicted octanol–water partition coefficient (Wildman–Crippen LogP) is 1.75. The second-order valence-electron chi connectivity index (χ2n) is 3.23. The fraction of sp³-hybridized carbons (Fsp3) is 0.300. The molecule has 0 saturated carbocycles. The average Bonchev–Trinajstić information content (AvgIpc) is 2.25. The number of benzene rings is 1. The summed E-state index contributed by atoms with van der Waals surface area (Å²) >= 11 is 5.45. The van der Waals surface area contributed by atoms with Gasteiger partial charge < -0.3 is 15.6 Å². The first-order chi connectivity index (χ1) is 7.93. The van der Waals surface area contributed by atoms with Crippen molar-refractivity contribution >= 4 is 17.6 Å². The lowest BCUT2D eigenvalue weighted by molar-refractivity contribution is -0.138. The molecule has 94 valence electrons. The number of aliphatic carboxylic acids is 1. The first kappa shape index (κ1) is 13.7. The van der Waals surface area contributed by atoms with Crippen LogP contribution in [0.3, 0.4) is 0 Å². The van der Waals surface area contributed by atoms with Crippen molar-refractivity contribution < 1.29 is 23.4 Å². The van der Waals surface area contributed by atoms with Crippen LogP contribution in [0, 0.1) is 11.6 Å². The lowest BCUT2D eigenvalue weighted by Gasteiger charge is -2.16. The molecule has 0 spiro atoms. The van der Waals surface area contributed by atoms with Crippen LogP contribution in [0.2, 0.25) is 5.02 Å². The van der Waals surface area contributed by atoms with Gasteiger partial charge in [-0.15, -0.1) is 0 Å². The highest BCUT2D eigenvalue weighted by molar-refractivity contribution is 6.30. The minimum absolute atomic E-state index is 0.400. The van der Waals surface area contributed by atoms with Crippen LogP contribution in [0.15, 0.2) is 6.07 Å². The van der Waals surface area contributed by atoms with E-state index < -0.39 is 46.4 Å². The minimum atomic E-state index is -1.42. The van der Waals surface area contributed by atoms with Crippen molar-refractivity contribution in [1.29, 1.82) is 0 Å².